The zero-order valence-corrected chi connectivity index (χ0v) is 26.0. The van der Waals surface area contributed by atoms with Crippen LogP contribution in [0.15, 0.2) is 30.3 Å². The van der Waals surface area contributed by atoms with Gasteiger partial charge in [-0.25, -0.2) is 0 Å². The molecule has 0 radical (unpaired) electrons. The molecular formula is C35H56. The fourth-order valence-electron chi connectivity index (χ4n) is 5.51. The van der Waals surface area contributed by atoms with Crippen LogP contribution in [0.3, 0.4) is 0 Å². The molecule has 0 unspecified atom stereocenters. The molecule has 196 valence electrons. The summed E-state index contributed by atoms with van der Waals surface area (Å²) in [5.74, 6) is 0. The minimum absolute atomic E-state index is 0.131. The Bertz CT molecular complexity index is 980. The van der Waals surface area contributed by atoms with Gasteiger partial charge < -0.3 is 0 Å². The molecule has 2 aromatic carbocycles. The molecule has 0 N–H and O–H groups in total. The van der Waals surface area contributed by atoms with Crippen LogP contribution in [0.25, 0.3) is 0 Å². The summed E-state index contributed by atoms with van der Waals surface area (Å²) in [6, 6.07) is 12.1. The van der Waals surface area contributed by atoms with Crippen molar-refractivity contribution < 1.29 is 0 Å². The second-order valence-electron chi connectivity index (χ2n) is 16.0. The molecule has 0 aliphatic carbocycles. The first-order valence-electron chi connectivity index (χ1n) is 13.9. The SMILES string of the molecule is CC(C)(C)c1cc(C(C)(C)C)c(C(C)(C)C)cc1CCCc1c(C(C)(C)C)cccc1C(C)(C)C. The molecule has 0 fully saturated rings. The van der Waals surface area contributed by atoms with Crippen molar-refractivity contribution in [1.82, 2.24) is 0 Å². The normalized spacial score (nSPS) is 13.9. The molecule has 0 atom stereocenters. The summed E-state index contributed by atoms with van der Waals surface area (Å²) < 4.78 is 0. The molecule has 0 aliphatic rings. The Hall–Kier alpha value is -1.56. The average Bonchev–Trinajstić information content (AvgIpc) is 2.63. The van der Waals surface area contributed by atoms with Crippen molar-refractivity contribution in [2.45, 2.75) is 150 Å². The minimum atomic E-state index is 0.131. The summed E-state index contributed by atoms with van der Waals surface area (Å²) >= 11 is 0. The van der Waals surface area contributed by atoms with Crippen molar-refractivity contribution in [2.24, 2.45) is 0 Å². The molecule has 0 bridgehead atoms. The topological polar surface area (TPSA) is 0 Å². The van der Waals surface area contributed by atoms with E-state index in [4.69, 9.17) is 0 Å². The first kappa shape index (κ1) is 29.7. The lowest BCUT2D eigenvalue weighted by molar-refractivity contribution is 0.519. The Balaban J connectivity index is 2.57. The van der Waals surface area contributed by atoms with Gasteiger partial charge in [-0.15, -0.1) is 0 Å². The zero-order chi connectivity index (χ0) is 27.2. The first-order chi connectivity index (χ1) is 15.5. The number of aryl methyl sites for hydroxylation is 1. The van der Waals surface area contributed by atoms with Crippen LogP contribution >= 0.6 is 0 Å². The second-order valence-corrected chi connectivity index (χ2v) is 16.0. The van der Waals surface area contributed by atoms with E-state index in [0.29, 0.717) is 0 Å². The van der Waals surface area contributed by atoms with E-state index >= 15 is 0 Å². The fourth-order valence-corrected chi connectivity index (χ4v) is 5.51. The van der Waals surface area contributed by atoms with E-state index in [9.17, 15) is 0 Å². The largest absolute Gasteiger partial charge is 0.0617 e. The van der Waals surface area contributed by atoms with E-state index in [0.717, 1.165) is 12.8 Å². The monoisotopic (exact) mass is 476 g/mol. The van der Waals surface area contributed by atoms with Gasteiger partial charge in [0, 0.05) is 0 Å². The zero-order valence-electron chi connectivity index (χ0n) is 26.0. The van der Waals surface area contributed by atoms with Crippen LogP contribution in [0.5, 0.6) is 0 Å². The van der Waals surface area contributed by atoms with Crippen molar-refractivity contribution in [3.05, 3.63) is 69.3 Å². The highest BCUT2D eigenvalue weighted by Crippen LogP contribution is 2.40. The summed E-state index contributed by atoms with van der Waals surface area (Å²) in [6.45, 7) is 35.5. The summed E-state index contributed by atoms with van der Waals surface area (Å²) in [7, 11) is 0. The van der Waals surface area contributed by atoms with Crippen LogP contribution in [0.1, 0.15) is 149 Å². The number of hydrogen-bond donors (Lipinski definition) is 0. The van der Waals surface area contributed by atoms with Gasteiger partial charge in [0.1, 0.15) is 0 Å². The highest BCUT2D eigenvalue weighted by Gasteiger charge is 2.30. The van der Waals surface area contributed by atoms with E-state index in [-0.39, 0.29) is 27.1 Å². The Labute approximate surface area is 219 Å². The summed E-state index contributed by atoms with van der Waals surface area (Å²) in [4.78, 5) is 0. The predicted molar refractivity (Wildman–Crippen MR) is 158 cm³/mol. The van der Waals surface area contributed by atoms with Gasteiger partial charge in [0.2, 0.25) is 0 Å². The van der Waals surface area contributed by atoms with Crippen LogP contribution in [-0.4, -0.2) is 0 Å². The van der Waals surface area contributed by atoms with Gasteiger partial charge in [-0.3, -0.25) is 0 Å². The van der Waals surface area contributed by atoms with Crippen LogP contribution < -0.4 is 0 Å². The molecule has 0 amide bonds. The van der Waals surface area contributed by atoms with Crippen molar-refractivity contribution in [1.29, 1.82) is 0 Å². The van der Waals surface area contributed by atoms with Crippen LogP contribution in [0, 0.1) is 0 Å². The molecule has 0 aliphatic heterocycles. The van der Waals surface area contributed by atoms with Gasteiger partial charge in [0.15, 0.2) is 0 Å². The summed E-state index contributed by atoms with van der Waals surface area (Å²) in [6.07, 6.45) is 3.44. The Morgan fingerprint density at radius 3 is 1.17 bits per heavy atom. The molecule has 2 aromatic rings. The summed E-state index contributed by atoms with van der Waals surface area (Å²) in [5, 5.41) is 0. The Kier molecular flexibility index (Phi) is 8.24. The smallest absolute Gasteiger partial charge is 0.0129 e. The van der Waals surface area contributed by atoms with Gasteiger partial charge in [0.05, 0.1) is 0 Å². The molecule has 0 saturated heterocycles. The molecule has 0 heterocycles. The van der Waals surface area contributed by atoms with Crippen molar-refractivity contribution >= 4 is 0 Å². The van der Waals surface area contributed by atoms with E-state index in [1.165, 1.54) is 34.2 Å². The number of hydrogen-bond acceptors (Lipinski definition) is 0. The van der Waals surface area contributed by atoms with Crippen molar-refractivity contribution in [3.63, 3.8) is 0 Å². The van der Waals surface area contributed by atoms with E-state index < -0.39 is 0 Å². The van der Waals surface area contributed by atoms with Gasteiger partial charge in [-0.1, -0.05) is 134 Å². The molecule has 0 spiro atoms. The average molecular weight is 477 g/mol. The van der Waals surface area contributed by atoms with Gasteiger partial charge >= 0.3 is 0 Å². The highest BCUT2D eigenvalue weighted by atomic mass is 14.3. The van der Waals surface area contributed by atoms with Crippen molar-refractivity contribution in [3.8, 4) is 0 Å². The molecule has 0 nitrogen and oxygen atoms in total. The number of benzene rings is 2. The van der Waals surface area contributed by atoms with E-state index in [1.807, 2.05) is 0 Å². The third-order valence-electron chi connectivity index (χ3n) is 7.33. The van der Waals surface area contributed by atoms with Crippen LogP contribution in [0.2, 0.25) is 0 Å². The predicted octanol–water partition coefficient (Wildman–Crippen LogP) is 10.3. The fraction of sp³-hybridized carbons (Fsp3) is 0.657. The lowest BCUT2D eigenvalue weighted by Crippen LogP contribution is -2.25. The van der Waals surface area contributed by atoms with Gasteiger partial charge in [0.25, 0.3) is 0 Å². The first-order valence-corrected chi connectivity index (χ1v) is 13.9. The minimum Gasteiger partial charge on any atom is -0.0617 e. The van der Waals surface area contributed by atoms with Crippen molar-refractivity contribution in [2.75, 3.05) is 0 Å². The maximum Gasteiger partial charge on any atom is -0.0129 e. The number of rotatable bonds is 4. The Morgan fingerprint density at radius 1 is 0.429 bits per heavy atom. The maximum atomic E-state index is 2.57. The second kappa shape index (κ2) is 9.72. The molecular weight excluding hydrogens is 420 g/mol. The molecule has 0 aromatic heterocycles. The lowest BCUT2D eigenvalue weighted by Gasteiger charge is -2.34. The summed E-state index contributed by atoms with van der Waals surface area (Å²) in [5.41, 5.74) is 11.4. The quantitative estimate of drug-likeness (QED) is 0.411. The molecule has 0 heteroatoms. The van der Waals surface area contributed by atoms with Crippen LogP contribution in [-0.2, 0) is 39.9 Å². The van der Waals surface area contributed by atoms with E-state index in [1.54, 1.807) is 11.1 Å². The molecule has 35 heavy (non-hydrogen) atoms. The molecule has 2 rings (SSSR count). The third-order valence-corrected chi connectivity index (χ3v) is 7.33. The Morgan fingerprint density at radius 2 is 0.800 bits per heavy atom. The highest BCUT2D eigenvalue weighted by molar-refractivity contribution is 5.48. The van der Waals surface area contributed by atoms with Gasteiger partial charge in [-0.2, -0.15) is 0 Å². The lowest BCUT2D eigenvalue weighted by atomic mass is 9.70. The van der Waals surface area contributed by atoms with E-state index in [2.05, 4.69) is 134 Å². The molecule has 0 saturated carbocycles. The third kappa shape index (κ3) is 7.24. The van der Waals surface area contributed by atoms with Gasteiger partial charge in [-0.05, 0) is 85.3 Å². The maximum absolute atomic E-state index is 2.57. The van der Waals surface area contributed by atoms with Crippen LogP contribution in [0.4, 0.5) is 0 Å². The standard InChI is InChI=1S/C35H56/c1-31(2,3)26-20-17-21-27(32(4,5)6)25(26)19-16-18-24-22-29(34(10,11)12)30(35(13,14)15)23-28(24)33(7,8)9/h17,20-23H,16,18-19H2,1-15H3.